The summed E-state index contributed by atoms with van der Waals surface area (Å²) < 4.78 is 46.6. The quantitative estimate of drug-likeness (QED) is 0.316. The number of piperidine rings is 1. The van der Waals surface area contributed by atoms with E-state index in [1.54, 1.807) is 30.0 Å². The number of hydrogen-bond acceptors (Lipinski definition) is 7. The molecule has 0 radical (unpaired) electrons. The van der Waals surface area contributed by atoms with E-state index in [4.69, 9.17) is 19.3 Å². The number of halogens is 2. The Morgan fingerprint density at radius 3 is 2.61 bits per heavy atom. The lowest BCUT2D eigenvalue weighted by Gasteiger charge is -2.39. The van der Waals surface area contributed by atoms with E-state index in [1.807, 2.05) is 18.7 Å². The average Bonchev–Trinajstić information content (AvgIpc) is 3.26. The summed E-state index contributed by atoms with van der Waals surface area (Å²) in [5.74, 6) is -0.970. The molecule has 10 heteroatoms. The van der Waals surface area contributed by atoms with Crippen LogP contribution < -0.4 is 4.90 Å². The van der Waals surface area contributed by atoms with Gasteiger partial charge in [0.15, 0.2) is 17.0 Å². The predicted molar refractivity (Wildman–Crippen MR) is 132 cm³/mol. The molecule has 0 bridgehead atoms. The van der Waals surface area contributed by atoms with Crippen LogP contribution in [0.2, 0.25) is 0 Å². The van der Waals surface area contributed by atoms with Crippen LogP contribution in [0.4, 0.5) is 14.5 Å². The van der Waals surface area contributed by atoms with Crippen LogP contribution in [0.1, 0.15) is 48.8 Å². The summed E-state index contributed by atoms with van der Waals surface area (Å²) in [6.07, 6.45) is 0.991. The molecule has 0 saturated carbocycles. The van der Waals surface area contributed by atoms with Crippen molar-refractivity contribution in [2.24, 2.45) is 0 Å². The number of esters is 1. The highest BCUT2D eigenvalue weighted by atomic mass is 19.1. The summed E-state index contributed by atoms with van der Waals surface area (Å²) in [6, 6.07) is 7.53. The van der Waals surface area contributed by atoms with E-state index >= 15 is 4.39 Å². The molecule has 36 heavy (non-hydrogen) atoms. The predicted octanol–water partition coefficient (Wildman–Crippen LogP) is 4.44. The van der Waals surface area contributed by atoms with Gasteiger partial charge in [0.1, 0.15) is 5.82 Å². The Labute approximate surface area is 209 Å². The zero-order chi connectivity index (χ0) is 25.9. The molecule has 1 saturated heterocycles. The second kappa shape index (κ2) is 10.9. The Hall–Kier alpha value is -3.11. The SMILES string of the molecule is COCCOCC1(F)CCCN(c2cc(C(=O)OC)nc3c2c(C(C)C)nn3-c2ccc(F)cc2)C1. The standard InChI is InChI=1S/C26H32F2N4O4/c1-17(2)23-22-21(31-11-5-10-26(28,15-31)16-36-13-12-34-3)14-20(25(33)35-4)29-24(22)32(30-23)19-8-6-18(27)7-9-19/h6-9,14,17H,5,10-13,15-16H2,1-4H3. The van der Waals surface area contributed by atoms with Crippen molar-refractivity contribution in [2.45, 2.75) is 38.3 Å². The van der Waals surface area contributed by atoms with Crippen molar-refractivity contribution in [2.75, 3.05) is 52.0 Å². The van der Waals surface area contributed by atoms with Gasteiger partial charge < -0.3 is 19.1 Å². The first-order valence-corrected chi connectivity index (χ1v) is 12.0. The topological polar surface area (TPSA) is 78.7 Å². The number of aromatic nitrogens is 3. The van der Waals surface area contributed by atoms with Crippen LogP contribution in [0.15, 0.2) is 30.3 Å². The molecule has 1 aromatic carbocycles. The number of pyridine rings is 1. The summed E-state index contributed by atoms with van der Waals surface area (Å²) in [4.78, 5) is 19.1. The fourth-order valence-corrected chi connectivity index (χ4v) is 4.56. The maximum absolute atomic E-state index is 15.9. The lowest BCUT2D eigenvalue weighted by Crippen LogP contribution is -2.48. The van der Waals surface area contributed by atoms with E-state index < -0.39 is 11.6 Å². The molecule has 3 aromatic rings. The monoisotopic (exact) mass is 502 g/mol. The van der Waals surface area contributed by atoms with E-state index in [-0.39, 0.29) is 30.6 Å². The number of carbonyl (C=O) groups is 1. The van der Waals surface area contributed by atoms with E-state index in [1.165, 1.54) is 19.2 Å². The van der Waals surface area contributed by atoms with E-state index in [0.29, 0.717) is 49.6 Å². The van der Waals surface area contributed by atoms with Gasteiger partial charge in [0.05, 0.1) is 55.9 Å². The van der Waals surface area contributed by atoms with Gasteiger partial charge >= 0.3 is 5.97 Å². The molecule has 4 rings (SSSR count). The van der Waals surface area contributed by atoms with Crippen molar-refractivity contribution in [3.8, 4) is 5.69 Å². The number of methoxy groups -OCH3 is 2. The number of alkyl halides is 1. The Bertz CT molecular complexity index is 1210. The van der Waals surface area contributed by atoms with Gasteiger partial charge in [-0.05, 0) is 49.1 Å². The van der Waals surface area contributed by atoms with E-state index in [9.17, 15) is 9.18 Å². The minimum atomic E-state index is -1.56. The Balaban J connectivity index is 1.84. The Morgan fingerprint density at radius 2 is 1.94 bits per heavy atom. The number of benzene rings is 1. The zero-order valence-electron chi connectivity index (χ0n) is 21.1. The number of carbonyl (C=O) groups excluding carboxylic acids is 1. The molecular weight excluding hydrogens is 470 g/mol. The third-order valence-electron chi connectivity index (χ3n) is 6.32. The molecule has 0 N–H and O–H groups in total. The minimum absolute atomic E-state index is 0.0102. The zero-order valence-corrected chi connectivity index (χ0v) is 21.1. The number of anilines is 1. The van der Waals surface area contributed by atoms with Crippen LogP contribution >= 0.6 is 0 Å². The molecule has 1 fully saturated rings. The first kappa shape index (κ1) is 26.0. The molecule has 0 spiro atoms. The van der Waals surface area contributed by atoms with Crippen molar-refractivity contribution in [1.82, 2.24) is 14.8 Å². The van der Waals surface area contributed by atoms with Crippen LogP contribution in [0.5, 0.6) is 0 Å². The minimum Gasteiger partial charge on any atom is -0.464 e. The van der Waals surface area contributed by atoms with Crippen molar-refractivity contribution in [3.05, 3.63) is 47.5 Å². The molecule has 1 aliphatic heterocycles. The van der Waals surface area contributed by atoms with Crippen LogP contribution in [0.25, 0.3) is 16.7 Å². The van der Waals surface area contributed by atoms with Gasteiger partial charge in [0, 0.05) is 13.7 Å². The number of fused-ring (bicyclic) bond motifs is 1. The molecule has 0 aliphatic carbocycles. The summed E-state index contributed by atoms with van der Waals surface area (Å²) in [6.45, 7) is 5.38. The molecule has 0 amide bonds. The first-order chi connectivity index (χ1) is 17.3. The molecular formula is C26H32F2N4O4. The fourth-order valence-electron chi connectivity index (χ4n) is 4.56. The molecule has 194 valence electrons. The summed E-state index contributed by atoms with van der Waals surface area (Å²) in [5.41, 5.74) is 0.965. The highest BCUT2D eigenvalue weighted by Gasteiger charge is 2.37. The van der Waals surface area contributed by atoms with Crippen LogP contribution in [0, 0.1) is 5.82 Å². The third-order valence-corrected chi connectivity index (χ3v) is 6.32. The van der Waals surface area contributed by atoms with E-state index in [2.05, 4.69) is 4.98 Å². The molecule has 1 unspecified atom stereocenters. The number of nitrogens with zero attached hydrogens (tertiary/aromatic N) is 4. The normalized spacial score (nSPS) is 18.2. The third kappa shape index (κ3) is 5.34. The first-order valence-electron chi connectivity index (χ1n) is 12.0. The van der Waals surface area contributed by atoms with Crippen molar-refractivity contribution < 1.29 is 27.8 Å². The molecule has 2 aromatic heterocycles. The largest absolute Gasteiger partial charge is 0.464 e. The van der Waals surface area contributed by atoms with Crippen LogP contribution in [-0.4, -0.2) is 73.5 Å². The van der Waals surface area contributed by atoms with Crippen molar-refractivity contribution >= 4 is 22.7 Å². The Kier molecular flexibility index (Phi) is 7.85. The molecule has 3 heterocycles. The molecule has 1 aliphatic rings. The van der Waals surface area contributed by atoms with Gasteiger partial charge in [-0.3, -0.25) is 0 Å². The van der Waals surface area contributed by atoms with Gasteiger partial charge in [0.2, 0.25) is 0 Å². The van der Waals surface area contributed by atoms with Crippen molar-refractivity contribution in [1.29, 1.82) is 0 Å². The van der Waals surface area contributed by atoms with Crippen LogP contribution in [0.3, 0.4) is 0 Å². The Morgan fingerprint density at radius 1 is 1.19 bits per heavy atom. The smallest absolute Gasteiger partial charge is 0.356 e. The fraction of sp³-hybridized carbons (Fsp3) is 0.500. The van der Waals surface area contributed by atoms with Gasteiger partial charge in [0.25, 0.3) is 0 Å². The van der Waals surface area contributed by atoms with Gasteiger partial charge in [-0.15, -0.1) is 0 Å². The highest BCUT2D eigenvalue weighted by molar-refractivity contribution is 5.99. The maximum Gasteiger partial charge on any atom is 0.356 e. The average molecular weight is 503 g/mol. The number of rotatable bonds is 9. The summed E-state index contributed by atoms with van der Waals surface area (Å²) in [7, 11) is 2.86. The second-order valence-corrected chi connectivity index (χ2v) is 9.37. The second-order valence-electron chi connectivity index (χ2n) is 9.37. The van der Waals surface area contributed by atoms with Crippen molar-refractivity contribution in [3.63, 3.8) is 0 Å². The molecule has 1 atom stereocenters. The number of ether oxygens (including phenoxy) is 3. The lowest BCUT2D eigenvalue weighted by atomic mass is 9.94. The lowest BCUT2D eigenvalue weighted by molar-refractivity contribution is -0.0109. The summed E-state index contributed by atoms with van der Waals surface area (Å²) >= 11 is 0. The van der Waals surface area contributed by atoms with Crippen LogP contribution in [-0.2, 0) is 14.2 Å². The number of hydrogen-bond donors (Lipinski definition) is 0. The van der Waals surface area contributed by atoms with E-state index in [0.717, 1.165) is 11.1 Å². The molecule has 8 nitrogen and oxygen atoms in total. The van der Waals surface area contributed by atoms with Gasteiger partial charge in [-0.25, -0.2) is 23.2 Å². The van der Waals surface area contributed by atoms with Gasteiger partial charge in [-0.1, -0.05) is 13.8 Å². The van der Waals surface area contributed by atoms with Gasteiger partial charge in [-0.2, -0.15) is 5.10 Å². The maximum atomic E-state index is 15.9. The highest BCUT2D eigenvalue weighted by Crippen LogP contribution is 2.38. The summed E-state index contributed by atoms with van der Waals surface area (Å²) in [5, 5.41) is 5.53.